The quantitative estimate of drug-likeness (QED) is 0.822. The predicted molar refractivity (Wildman–Crippen MR) is 62.6 cm³/mol. The summed E-state index contributed by atoms with van der Waals surface area (Å²) in [4.78, 5) is 4.32. The van der Waals surface area contributed by atoms with Gasteiger partial charge in [0, 0.05) is 19.9 Å². The average Bonchev–Trinajstić information content (AvgIpc) is 2.88. The van der Waals surface area contributed by atoms with Crippen LogP contribution >= 0.6 is 0 Å². The molecular formula is C12H14N2O3. The van der Waals surface area contributed by atoms with Gasteiger partial charge in [0.25, 0.3) is 5.85 Å². The van der Waals surface area contributed by atoms with Crippen molar-refractivity contribution in [3.63, 3.8) is 0 Å². The number of nitrogens with zero attached hydrogens (tertiary/aromatic N) is 1. The van der Waals surface area contributed by atoms with E-state index in [4.69, 9.17) is 14.2 Å². The van der Waals surface area contributed by atoms with Crippen molar-refractivity contribution in [2.75, 3.05) is 20.3 Å². The molecule has 1 aromatic carbocycles. The zero-order valence-corrected chi connectivity index (χ0v) is 9.55. The highest BCUT2D eigenvalue weighted by Gasteiger charge is 2.44. The first kappa shape index (κ1) is 10.6. The van der Waals surface area contributed by atoms with Gasteiger partial charge in [-0.2, -0.15) is 0 Å². The topological polar surface area (TPSA) is 52.1 Å². The Kier molecular flexibility index (Phi) is 2.49. The molecule has 2 heterocycles. The third-order valence-electron chi connectivity index (χ3n) is 2.99. The minimum atomic E-state index is -0.826. The van der Waals surface area contributed by atoms with Gasteiger partial charge in [-0.05, 0) is 12.1 Å². The van der Waals surface area contributed by atoms with Crippen molar-refractivity contribution in [3.05, 3.63) is 24.3 Å². The SMILES string of the molecule is COC1(C2COc3ccccc3O2)N=CCN1. The Morgan fingerprint density at radius 1 is 1.41 bits per heavy atom. The van der Waals surface area contributed by atoms with E-state index in [0.29, 0.717) is 13.2 Å². The number of ether oxygens (including phenoxy) is 3. The van der Waals surface area contributed by atoms with Crippen molar-refractivity contribution in [2.24, 2.45) is 4.99 Å². The first-order valence-corrected chi connectivity index (χ1v) is 5.56. The number of methoxy groups -OCH3 is 1. The number of benzene rings is 1. The summed E-state index contributed by atoms with van der Waals surface area (Å²) in [5, 5.41) is 3.17. The Balaban J connectivity index is 1.86. The Morgan fingerprint density at radius 3 is 2.94 bits per heavy atom. The molecule has 1 N–H and O–H groups in total. The van der Waals surface area contributed by atoms with Gasteiger partial charge in [0.05, 0.1) is 0 Å². The molecule has 5 heteroatoms. The van der Waals surface area contributed by atoms with Gasteiger partial charge in [0.1, 0.15) is 6.61 Å². The van der Waals surface area contributed by atoms with Crippen LogP contribution in [0.2, 0.25) is 0 Å². The van der Waals surface area contributed by atoms with Gasteiger partial charge in [0.15, 0.2) is 17.6 Å². The molecule has 0 saturated heterocycles. The van der Waals surface area contributed by atoms with Crippen LogP contribution in [0.15, 0.2) is 29.3 Å². The summed E-state index contributed by atoms with van der Waals surface area (Å²) in [7, 11) is 1.61. The summed E-state index contributed by atoms with van der Waals surface area (Å²) in [6, 6.07) is 7.59. The number of fused-ring (bicyclic) bond motifs is 1. The molecule has 0 aliphatic carbocycles. The lowest BCUT2D eigenvalue weighted by molar-refractivity contribution is -0.120. The van der Waals surface area contributed by atoms with E-state index in [9.17, 15) is 0 Å². The van der Waals surface area contributed by atoms with E-state index in [1.807, 2.05) is 24.3 Å². The van der Waals surface area contributed by atoms with Crippen LogP contribution in [0.5, 0.6) is 11.5 Å². The molecule has 17 heavy (non-hydrogen) atoms. The van der Waals surface area contributed by atoms with E-state index in [1.165, 1.54) is 0 Å². The molecule has 5 nitrogen and oxygen atoms in total. The fourth-order valence-electron chi connectivity index (χ4n) is 2.08. The first-order valence-electron chi connectivity index (χ1n) is 5.56. The van der Waals surface area contributed by atoms with Gasteiger partial charge in [-0.25, -0.2) is 4.99 Å². The summed E-state index contributed by atoms with van der Waals surface area (Å²) in [5.74, 6) is 0.661. The molecule has 2 atom stereocenters. The van der Waals surface area contributed by atoms with Crippen LogP contribution in [0.25, 0.3) is 0 Å². The number of para-hydroxylation sites is 2. The fourth-order valence-corrected chi connectivity index (χ4v) is 2.08. The van der Waals surface area contributed by atoms with E-state index in [2.05, 4.69) is 10.3 Å². The number of nitrogens with one attached hydrogen (secondary N) is 1. The average molecular weight is 234 g/mol. The third-order valence-corrected chi connectivity index (χ3v) is 2.99. The standard InChI is InChI=1S/C12H14N2O3/c1-15-12(13-6-7-14-12)11-8-16-9-4-2-3-5-10(9)17-11/h2-6,11,14H,7-8H2,1H3. The largest absolute Gasteiger partial charge is 0.486 e. The van der Waals surface area contributed by atoms with Crippen molar-refractivity contribution < 1.29 is 14.2 Å². The van der Waals surface area contributed by atoms with Crippen LogP contribution in [-0.4, -0.2) is 38.4 Å². The number of hydrogen-bond acceptors (Lipinski definition) is 5. The lowest BCUT2D eigenvalue weighted by atomic mass is 10.2. The number of hydrogen-bond donors (Lipinski definition) is 1. The zero-order valence-electron chi connectivity index (χ0n) is 9.55. The molecule has 1 aromatic rings. The Bertz CT molecular complexity index is 449. The van der Waals surface area contributed by atoms with Gasteiger partial charge >= 0.3 is 0 Å². The van der Waals surface area contributed by atoms with Gasteiger partial charge in [-0.3, -0.25) is 5.32 Å². The van der Waals surface area contributed by atoms with Gasteiger partial charge in [-0.1, -0.05) is 12.1 Å². The maximum atomic E-state index is 5.88. The normalized spacial score (nSPS) is 30.5. The summed E-state index contributed by atoms with van der Waals surface area (Å²) in [6.07, 6.45) is 1.49. The van der Waals surface area contributed by atoms with Crippen LogP contribution in [0.4, 0.5) is 0 Å². The predicted octanol–water partition coefficient (Wildman–Crippen LogP) is 0.801. The molecule has 0 saturated carbocycles. The lowest BCUT2D eigenvalue weighted by Gasteiger charge is -2.36. The molecule has 0 radical (unpaired) electrons. The van der Waals surface area contributed by atoms with E-state index in [0.717, 1.165) is 11.5 Å². The number of aliphatic imine (C=N–C) groups is 1. The summed E-state index contributed by atoms with van der Waals surface area (Å²) in [5.41, 5.74) is 0. The van der Waals surface area contributed by atoms with Crippen LogP contribution < -0.4 is 14.8 Å². The van der Waals surface area contributed by atoms with Crippen molar-refractivity contribution in [2.45, 2.75) is 12.0 Å². The molecular weight excluding hydrogens is 220 g/mol. The summed E-state index contributed by atoms with van der Waals surface area (Å²) in [6.45, 7) is 1.09. The molecule has 0 fully saturated rings. The smallest absolute Gasteiger partial charge is 0.257 e. The molecule has 90 valence electrons. The van der Waals surface area contributed by atoms with Crippen LogP contribution in [-0.2, 0) is 4.74 Å². The lowest BCUT2D eigenvalue weighted by Crippen LogP contribution is -2.57. The van der Waals surface area contributed by atoms with Crippen molar-refractivity contribution >= 4 is 6.21 Å². The van der Waals surface area contributed by atoms with E-state index >= 15 is 0 Å². The Morgan fingerprint density at radius 2 is 2.24 bits per heavy atom. The van der Waals surface area contributed by atoms with Crippen LogP contribution in [0, 0.1) is 0 Å². The monoisotopic (exact) mass is 234 g/mol. The first-order chi connectivity index (χ1) is 8.34. The van der Waals surface area contributed by atoms with Crippen LogP contribution in [0.1, 0.15) is 0 Å². The van der Waals surface area contributed by atoms with E-state index in [1.54, 1.807) is 13.3 Å². The summed E-state index contributed by atoms with van der Waals surface area (Å²) >= 11 is 0. The fraction of sp³-hybridized carbons (Fsp3) is 0.417. The van der Waals surface area contributed by atoms with Gasteiger partial charge in [0.2, 0.25) is 0 Å². The molecule has 3 rings (SSSR count). The van der Waals surface area contributed by atoms with Gasteiger partial charge < -0.3 is 14.2 Å². The Hall–Kier alpha value is -1.59. The van der Waals surface area contributed by atoms with E-state index in [-0.39, 0.29) is 6.10 Å². The highest BCUT2D eigenvalue weighted by atomic mass is 16.6. The molecule has 2 unspecified atom stereocenters. The number of rotatable bonds is 2. The van der Waals surface area contributed by atoms with Crippen LogP contribution in [0.3, 0.4) is 0 Å². The van der Waals surface area contributed by atoms with Crippen molar-refractivity contribution in [1.82, 2.24) is 5.32 Å². The third kappa shape index (κ3) is 1.67. The molecule has 2 aliphatic heterocycles. The highest BCUT2D eigenvalue weighted by Crippen LogP contribution is 2.34. The highest BCUT2D eigenvalue weighted by molar-refractivity contribution is 5.63. The summed E-state index contributed by atoms with van der Waals surface area (Å²) < 4.78 is 17.0. The Labute approximate surface area is 99.4 Å². The van der Waals surface area contributed by atoms with Crippen molar-refractivity contribution in [1.29, 1.82) is 0 Å². The minimum absolute atomic E-state index is 0.291. The second-order valence-corrected chi connectivity index (χ2v) is 3.96. The van der Waals surface area contributed by atoms with Crippen molar-refractivity contribution in [3.8, 4) is 11.5 Å². The minimum Gasteiger partial charge on any atom is -0.486 e. The second kappa shape index (κ2) is 4.01. The second-order valence-electron chi connectivity index (χ2n) is 3.96. The maximum Gasteiger partial charge on any atom is 0.257 e. The molecule has 0 spiro atoms. The maximum absolute atomic E-state index is 5.88. The zero-order chi connectivity index (χ0) is 11.7. The molecule has 0 bridgehead atoms. The van der Waals surface area contributed by atoms with E-state index < -0.39 is 5.85 Å². The molecule has 0 amide bonds. The van der Waals surface area contributed by atoms with Gasteiger partial charge in [-0.15, -0.1) is 0 Å². The molecule has 0 aromatic heterocycles. The molecule has 2 aliphatic rings.